The Morgan fingerprint density at radius 3 is 2.92 bits per heavy atom. The van der Waals surface area contributed by atoms with Gasteiger partial charge in [-0.2, -0.15) is 0 Å². The fourth-order valence-electron chi connectivity index (χ4n) is 1.65. The van der Waals surface area contributed by atoms with Gasteiger partial charge in [-0.3, -0.25) is 0 Å². The van der Waals surface area contributed by atoms with Gasteiger partial charge in [0.25, 0.3) is 0 Å². The molecule has 0 spiro atoms. The number of nitrogens with one attached hydrogen (secondary N) is 1. The van der Waals surface area contributed by atoms with E-state index in [1.807, 2.05) is 0 Å². The molecule has 0 unspecified atom stereocenters. The van der Waals surface area contributed by atoms with Crippen LogP contribution in [0.25, 0.3) is 0 Å². The SMILES string of the molecule is C1CCC(CNc2nnns2)C1. The van der Waals surface area contributed by atoms with Crippen LogP contribution in [-0.4, -0.2) is 21.3 Å². The summed E-state index contributed by atoms with van der Waals surface area (Å²) in [7, 11) is 0. The molecule has 0 aliphatic heterocycles. The molecule has 0 atom stereocenters. The zero-order chi connectivity index (χ0) is 8.23. The second-order valence-corrected chi connectivity index (χ2v) is 3.93. The van der Waals surface area contributed by atoms with Gasteiger partial charge in [0.15, 0.2) is 0 Å². The van der Waals surface area contributed by atoms with Crippen LogP contribution >= 0.6 is 11.5 Å². The summed E-state index contributed by atoms with van der Waals surface area (Å²) in [6.45, 7) is 1.04. The minimum Gasteiger partial charge on any atom is -0.359 e. The number of rotatable bonds is 3. The van der Waals surface area contributed by atoms with Crippen molar-refractivity contribution in [3.05, 3.63) is 0 Å². The Morgan fingerprint density at radius 1 is 1.42 bits per heavy atom. The maximum absolute atomic E-state index is 3.82. The van der Waals surface area contributed by atoms with E-state index >= 15 is 0 Å². The van der Waals surface area contributed by atoms with E-state index in [9.17, 15) is 0 Å². The minimum atomic E-state index is 0.842. The molecule has 1 aromatic heterocycles. The Hall–Kier alpha value is -0.710. The van der Waals surface area contributed by atoms with Crippen LogP contribution in [0.3, 0.4) is 0 Å². The van der Waals surface area contributed by atoms with Gasteiger partial charge in [-0.15, -0.1) is 0 Å². The van der Waals surface area contributed by atoms with Gasteiger partial charge in [-0.05, 0) is 24.0 Å². The zero-order valence-corrected chi connectivity index (χ0v) is 7.68. The largest absolute Gasteiger partial charge is 0.359 e. The second kappa shape index (κ2) is 3.80. The molecule has 5 heteroatoms. The van der Waals surface area contributed by atoms with Crippen molar-refractivity contribution in [3.8, 4) is 0 Å². The lowest BCUT2D eigenvalue weighted by Gasteiger charge is -2.07. The first-order valence-corrected chi connectivity index (χ1v) is 5.11. The summed E-state index contributed by atoms with van der Waals surface area (Å²) in [6.07, 6.45) is 5.50. The number of anilines is 1. The highest BCUT2D eigenvalue weighted by Gasteiger charge is 2.14. The molecule has 1 aliphatic rings. The normalized spacial score (nSPS) is 18.3. The average Bonchev–Trinajstić information content (AvgIpc) is 2.74. The molecule has 1 fully saturated rings. The van der Waals surface area contributed by atoms with Crippen LogP contribution < -0.4 is 5.32 Å². The molecule has 0 aromatic carbocycles. The van der Waals surface area contributed by atoms with Gasteiger partial charge in [0.05, 0.1) is 0 Å². The van der Waals surface area contributed by atoms with E-state index in [-0.39, 0.29) is 0 Å². The van der Waals surface area contributed by atoms with Gasteiger partial charge in [-0.1, -0.05) is 22.4 Å². The van der Waals surface area contributed by atoms with E-state index in [0.29, 0.717) is 0 Å². The van der Waals surface area contributed by atoms with Gasteiger partial charge < -0.3 is 5.32 Å². The van der Waals surface area contributed by atoms with Crippen LogP contribution in [0, 0.1) is 5.92 Å². The molecule has 0 amide bonds. The number of hydrogen-bond donors (Lipinski definition) is 1. The molecule has 1 aliphatic carbocycles. The van der Waals surface area contributed by atoms with Crippen molar-refractivity contribution in [2.24, 2.45) is 5.92 Å². The number of aromatic nitrogens is 3. The van der Waals surface area contributed by atoms with Crippen LogP contribution in [0.15, 0.2) is 0 Å². The van der Waals surface area contributed by atoms with E-state index in [2.05, 4.69) is 20.1 Å². The first-order valence-electron chi connectivity index (χ1n) is 4.34. The van der Waals surface area contributed by atoms with Crippen molar-refractivity contribution in [2.45, 2.75) is 25.7 Å². The van der Waals surface area contributed by atoms with E-state index in [0.717, 1.165) is 17.6 Å². The molecule has 0 saturated heterocycles. The van der Waals surface area contributed by atoms with Crippen LogP contribution in [0.4, 0.5) is 5.13 Å². The van der Waals surface area contributed by atoms with Crippen LogP contribution in [0.2, 0.25) is 0 Å². The fourth-order valence-corrected chi connectivity index (χ4v) is 2.02. The molecular weight excluding hydrogens is 172 g/mol. The van der Waals surface area contributed by atoms with Crippen molar-refractivity contribution in [1.82, 2.24) is 14.8 Å². The summed E-state index contributed by atoms with van der Waals surface area (Å²) in [5.41, 5.74) is 0. The van der Waals surface area contributed by atoms with Crippen molar-refractivity contribution in [2.75, 3.05) is 11.9 Å². The van der Waals surface area contributed by atoms with E-state index in [1.165, 1.54) is 37.2 Å². The van der Waals surface area contributed by atoms with E-state index < -0.39 is 0 Å². The molecule has 66 valence electrons. The summed E-state index contributed by atoms with van der Waals surface area (Å²) >= 11 is 1.32. The Morgan fingerprint density at radius 2 is 2.25 bits per heavy atom. The summed E-state index contributed by atoms with van der Waals surface area (Å²) in [5, 5.41) is 11.4. The molecule has 1 heterocycles. The highest BCUT2D eigenvalue weighted by molar-refractivity contribution is 7.09. The Balaban J connectivity index is 1.74. The zero-order valence-electron chi connectivity index (χ0n) is 6.86. The lowest BCUT2D eigenvalue weighted by molar-refractivity contribution is 0.579. The third-order valence-corrected chi connectivity index (χ3v) is 2.87. The Kier molecular flexibility index (Phi) is 2.51. The molecule has 1 saturated carbocycles. The highest BCUT2D eigenvalue weighted by Crippen LogP contribution is 2.24. The predicted molar refractivity (Wildman–Crippen MR) is 48.2 cm³/mol. The standard InChI is InChI=1S/C7H12N4S/c1-2-4-6(3-1)5-8-7-9-10-11-12-7/h6H,1-5H2,(H,8,9,11). The van der Waals surface area contributed by atoms with Crippen molar-refractivity contribution in [1.29, 1.82) is 0 Å². The minimum absolute atomic E-state index is 0.842. The smallest absolute Gasteiger partial charge is 0.225 e. The third kappa shape index (κ3) is 1.91. The van der Waals surface area contributed by atoms with Gasteiger partial charge >= 0.3 is 0 Å². The van der Waals surface area contributed by atoms with Gasteiger partial charge in [0.1, 0.15) is 0 Å². The first-order chi connectivity index (χ1) is 5.95. The van der Waals surface area contributed by atoms with Crippen LogP contribution in [0.5, 0.6) is 0 Å². The molecule has 0 radical (unpaired) electrons. The Bertz CT molecular complexity index is 217. The lowest BCUT2D eigenvalue weighted by atomic mass is 10.1. The number of hydrogen-bond acceptors (Lipinski definition) is 5. The number of nitrogens with zero attached hydrogens (tertiary/aromatic N) is 3. The van der Waals surface area contributed by atoms with Crippen LogP contribution in [-0.2, 0) is 0 Å². The molecule has 4 nitrogen and oxygen atoms in total. The van der Waals surface area contributed by atoms with Crippen molar-refractivity contribution >= 4 is 16.7 Å². The molecular formula is C7H12N4S. The summed E-state index contributed by atoms with van der Waals surface area (Å²) in [6, 6.07) is 0. The maximum Gasteiger partial charge on any atom is 0.225 e. The quantitative estimate of drug-likeness (QED) is 0.774. The molecule has 2 rings (SSSR count). The topological polar surface area (TPSA) is 50.7 Å². The third-order valence-electron chi connectivity index (χ3n) is 2.32. The van der Waals surface area contributed by atoms with E-state index in [4.69, 9.17) is 0 Å². The first kappa shape index (κ1) is 7.91. The van der Waals surface area contributed by atoms with Crippen molar-refractivity contribution in [3.63, 3.8) is 0 Å². The van der Waals surface area contributed by atoms with Gasteiger partial charge in [0, 0.05) is 18.1 Å². The molecule has 0 bridgehead atoms. The van der Waals surface area contributed by atoms with Crippen LogP contribution in [0.1, 0.15) is 25.7 Å². The van der Waals surface area contributed by atoms with E-state index in [1.54, 1.807) is 0 Å². The summed E-state index contributed by atoms with van der Waals surface area (Å²) in [5.74, 6) is 0.842. The molecule has 12 heavy (non-hydrogen) atoms. The summed E-state index contributed by atoms with van der Waals surface area (Å²) < 4.78 is 3.69. The lowest BCUT2D eigenvalue weighted by Crippen LogP contribution is -2.10. The highest BCUT2D eigenvalue weighted by atomic mass is 32.1. The fraction of sp³-hybridized carbons (Fsp3) is 0.857. The predicted octanol–water partition coefficient (Wildman–Crippen LogP) is 1.54. The Labute approximate surface area is 75.5 Å². The average molecular weight is 184 g/mol. The molecule has 1 N–H and O–H groups in total. The van der Waals surface area contributed by atoms with Gasteiger partial charge in [-0.25, -0.2) is 0 Å². The monoisotopic (exact) mass is 184 g/mol. The van der Waals surface area contributed by atoms with Crippen molar-refractivity contribution < 1.29 is 0 Å². The second-order valence-electron chi connectivity index (χ2n) is 3.20. The maximum atomic E-state index is 3.82. The van der Waals surface area contributed by atoms with Gasteiger partial charge in [0.2, 0.25) is 5.13 Å². The molecule has 1 aromatic rings. The summed E-state index contributed by atoms with van der Waals surface area (Å²) in [4.78, 5) is 0.